The van der Waals surface area contributed by atoms with Crippen LogP contribution < -0.4 is 16.0 Å². The van der Waals surface area contributed by atoms with Crippen molar-refractivity contribution in [2.24, 2.45) is 4.99 Å². The van der Waals surface area contributed by atoms with Gasteiger partial charge in [0, 0.05) is 25.7 Å². The number of hydrogen-bond acceptors (Lipinski definition) is 4. The maximum Gasteiger partial charge on any atom is 0.408 e. The molecule has 0 aliphatic rings. The van der Waals surface area contributed by atoms with Crippen molar-refractivity contribution in [2.75, 3.05) is 13.6 Å². The van der Waals surface area contributed by atoms with E-state index in [1.54, 1.807) is 19.2 Å². The Morgan fingerprint density at radius 1 is 1.23 bits per heavy atom. The van der Waals surface area contributed by atoms with Crippen molar-refractivity contribution in [3.8, 4) is 6.07 Å². The molecular formula is C21H33FIN5O2. The second kappa shape index (κ2) is 12.6. The molecule has 0 saturated carbocycles. The minimum Gasteiger partial charge on any atom is -0.444 e. The lowest BCUT2D eigenvalue weighted by atomic mass is 9.93. The van der Waals surface area contributed by atoms with Gasteiger partial charge in [0.05, 0.1) is 17.2 Å². The monoisotopic (exact) mass is 533 g/mol. The number of halogens is 2. The zero-order valence-corrected chi connectivity index (χ0v) is 20.9. The standard InChI is InChI=1S/C21H32FN5O2.HI/c1-7-21(8-2,27-19(28)29-20(3,4)5)14-26-18(24-6)25-13-16-10-9-15(12-23)11-17(16)22;/h9-11H,7-8,13-14H2,1-6H3,(H,27,28)(H2,24,25,26);1H. The molecule has 7 nitrogen and oxygen atoms in total. The molecule has 1 amide bonds. The van der Waals surface area contributed by atoms with E-state index in [1.807, 2.05) is 40.7 Å². The number of alkyl carbamates (subject to hydrolysis) is 1. The van der Waals surface area contributed by atoms with Crippen molar-refractivity contribution < 1.29 is 13.9 Å². The van der Waals surface area contributed by atoms with Crippen LogP contribution in [-0.2, 0) is 11.3 Å². The fourth-order valence-electron chi connectivity index (χ4n) is 2.65. The number of rotatable bonds is 7. The summed E-state index contributed by atoms with van der Waals surface area (Å²) >= 11 is 0. The van der Waals surface area contributed by atoms with Crippen LogP contribution in [-0.4, -0.2) is 36.8 Å². The number of ether oxygens (including phenoxy) is 1. The van der Waals surface area contributed by atoms with Gasteiger partial charge in [-0.25, -0.2) is 9.18 Å². The Kier molecular flexibility index (Phi) is 11.7. The molecule has 30 heavy (non-hydrogen) atoms. The number of aliphatic imine (C=N–C) groups is 1. The summed E-state index contributed by atoms with van der Waals surface area (Å²) in [5, 5.41) is 18.0. The first-order valence-corrected chi connectivity index (χ1v) is 9.72. The van der Waals surface area contributed by atoms with Crippen LogP contribution in [0.3, 0.4) is 0 Å². The predicted molar refractivity (Wildman–Crippen MR) is 127 cm³/mol. The van der Waals surface area contributed by atoms with Crippen molar-refractivity contribution in [1.82, 2.24) is 16.0 Å². The predicted octanol–water partition coefficient (Wildman–Crippen LogP) is 4.06. The third kappa shape index (κ3) is 9.15. The van der Waals surface area contributed by atoms with Gasteiger partial charge < -0.3 is 20.7 Å². The summed E-state index contributed by atoms with van der Waals surface area (Å²) in [4.78, 5) is 16.4. The van der Waals surface area contributed by atoms with E-state index in [4.69, 9.17) is 10.00 Å². The Hall–Kier alpha value is -2.09. The molecule has 9 heteroatoms. The van der Waals surface area contributed by atoms with E-state index in [-0.39, 0.29) is 36.1 Å². The average Bonchev–Trinajstić information content (AvgIpc) is 2.66. The first-order chi connectivity index (χ1) is 13.6. The van der Waals surface area contributed by atoms with Crippen LogP contribution in [0.1, 0.15) is 58.6 Å². The Balaban J connectivity index is 0.00000841. The third-order valence-electron chi connectivity index (χ3n) is 4.57. The molecule has 1 aromatic carbocycles. The SMILES string of the molecule is CCC(CC)(CNC(=NC)NCc1ccc(C#N)cc1F)NC(=O)OC(C)(C)C.I. The second-order valence-electron chi connectivity index (χ2n) is 7.81. The minimum absolute atomic E-state index is 0. The lowest BCUT2D eigenvalue weighted by Crippen LogP contribution is -2.57. The highest BCUT2D eigenvalue weighted by atomic mass is 127. The summed E-state index contributed by atoms with van der Waals surface area (Å²) in [6.07, 6.45) is 0.916. The zero-order chi connectivity index (χ0) is 22.1. The highest BCUT2D eigenvalue weighted by molar-refractivity contribution is 14.0. The largest absolute Gasteiger partial charge is 0.444 e. The van der Waals surface area contributed by atoms with Gasteiger partial charge in [-0.15, -0.1) is 24.0 Å². The number of nitrogens with zero attached hydrogens (tertiary/aromatic N) is 2. The summed E-state index contributed by atoms with van der Waals surface area (Å²) in [7, 11) is 1.62. The molecule has 0 unspecified atom stereocenters. The van der Waals surface area contributed by atoms with Gasteiger partial charge in [0.2, 0.25) is 0 Å². The number of amides is 1. The van der Waals surface area contributed by atoms with Gasteiger partial charge >= 0.3 is 6.09 Å². The van der Waals surface area contributed by atoms with Crippen molar-refractivity contribution in [2.45, 2.75) is 65.1 Å². The van der Waals surface area contributed by atoms with Crippen LogP contribution in [0.25, 0.3) is 0 Å². The molecule has 1 aromatic rings. The topological polar surface area (TPSA) is 98.5 Å². The molecule has 1 rings (SSSR count). The first kappa shape index (κ1) is 27.9. The molecule has 0 bridgehead atoms. The Bertz CT molecular complexity index is 768. The number of nitrogens with one attached hydrogen (secondary N) is 3. The summed E-state index contributed by atoms with van der Waals surface area (Å²) in [5.41, 5.74) is -0.388. The van der Waals surface area contributed by atoms with E-state index in [9.17, 15) is 9.18 Å². The molecule has 0 spiro atoms. The van der Waals surface area contributed by atoms with Gasteiger partial charge in [0.15, 0.2) is 5.96 Å². The zero-order valence-electron chi connectivity index (χ0n) is 18.6. The maximum atomic E-state index is 14.0. The highest BCUT2D eigenvalue weighted by Crippen LogP contribution is 2.16. The molecule has 0 atom stereocenters. The molecule has 0 radical (unpaired) electrons. The van der Waals surface area contributed by atoms with Gasteiger partial charge in [0.1, 0.15) is 11.4 Å². The summed E-state index contributed by atoms with van der Waals surface area (Å²) in [5.74, 6) is 0.0288. The van der Waals surface area contributed by atoms with Crippen LogP contribution >= 0.6 is 24.0 Å². The second-order valence-corrected chi connectivity index (χ2v) is 7.81. The van der Waals surface area contributed by atoms with E-state index in [0.717, 1.165) is 0 Å². The minimum atomic E-state index is -0.576. The summed E-state index contributed by atoms with van der Waals surface area (Å²) in [6, 6.07) is 6.25. The average molecular weight is 533 g/mol. The Morgan fingerprint density at radius 2 is 1.87 bits per heavy atom. The van der Waals surface area contributed by atoms with Gasteiger partial charge in [-0.3, -0.25) is 4.99 Å². The molecule has 0 aromatic heterocycles. The quantitative estimate of drug-likeness (QED) is 0.279. The van der Waals surface area contributed by atoms with E-state index in [2.05, 4.69) is 20.9 Å². The number of nitriles is 1. The van der Waals surface area contributed by atoms with Gasteiger partial charge in [-0.05, 0) is 45.7 Å². The fourth-order valence-corrected chi connectivity index (χ4v) is 2.65. The molecule has 3 N–H and O–H groups in total. The highest BCUT2D eigenvalue weighted by Gasteiger charge is 2.30. The van der Waals surface area contributed by atoms with Crippen LogP contribution in [0, 0.1) is 17.1 Å². The first-order valence-electron chi connectivity index (χ1n) is 9.72. The summed E-state index contributed by atoms with van der Waals surface area (Å²) < 4.78 is 19.4. The summed E-state index contributed by atoms with van der Waals surface area (Å²) in [6.45, 7) is 10.1. The lowest BCUT2D eigenvalue weighted by molar-refractivity contribution is 0.0448. The number of hydrogen-bond donors (Lipinski definition) is 3. The van der Waals surface area contributed by atoms with Gasteiger partial charge in [-0.1, -0.05) is 19.9 Å². The molecule has 0 aliphatic carbocycles. The van der Waals surface area contributed by atoms with Crippen molar-refractivity contribution in [1.29, 1.82) is 5.26 Å². The van der Waals surface area contributed by atoms with E-state index < -0.39 is 23.1 Å². The van der Waals surface area contributed by atoms with E-state index in [1.165, 1.54) is 6.07 Å². The van der Waals surface area contributed by atoms with Crippen LogP contribution in [0.4, 0.5) is 9.18 Å². The number of benzene rings is 1. The number of carbonyl (C=O) groups excluding carboxylic acids is 1. The molecular weight excluding hydrogens is 500 g/mol. The van der Waals surface area contributed by atoms with E-state index in [0.29, 0.717) is 30.9 Å². The van der Waals surface area contributed by atoms with Crippen molar-refractivity contribution >= 4 is 36.0 Å². The van der Waals surface area contributed by atoms with Crippen LogP contribution in [0.5, 0.6) is 0 Å². The van der Waals surface area contributed by atoms with Crippen LogP contribution in [0.2, 0.25) is 0 Å². The molecule has 0 fully saturated rings. The number of carbonyl (C=O) groups is 1. The van der Waals surface area contributed by atoms with Crippen LogP contribution in [0.15, 0.2) is 23.2 Å². The van der Waals surface area contributed by atoms with Gasteiger partial charge in [0.25, 0.3) is 0 Å². The van der Waals surface area contributed by atoms with Crippen molar-refractivity contribution in [3.63, 3.8) is 0 Å². The Morgan fingerprint density at radius 3 is 2.33 bits per heavy atom. The molecule has 0 aliphatic heterocycles. The maximum absolute atomic E-state index is 14.0. The lowest BCUT2D eigenvalue weighted by Gasteiger charge is -2.34. The third-order valence-corrected chi connectivity index (χ3v) is 4.57. The Labute approximate surface area is 195 Å². The molecule has 168 valence electrons. The number of guanidine groups is 1. The molecule has 0 saturated heterocycles. The smallest absolute Gasteiger partial charge is 0.408 e. The fraction of sp³-hybridized carbons (Fsp3) is 0.571. The van der Waals surface area contributed by atoms with E-state index >= 15 is 0 Å². The van der Waals surface area contributed by atoms with Crippen molar-refractivity contribution in [3.05, 3.63) is 35.1 Å². The molecule has 0 heterocycles. The van der Waals surface area contributed by atoms with Gasteiger partial charge in [-0.2, -0.15) is 5.26 Å². The normalized spacial score (nSPS) is 11.7.